The lowest BCUT2D eigenvalue weighted by atomic mass is 9.91. The molecule has 0 unspecified atom stereocenters. The summed E-state index contributed by atoms with van der Waals surface area (Å²) in [5.74, 6) is 0.939. The van der Waals surface area contributed by atoms with E-state index in [9.17, 15) is 0 Å². The molecule has 1 rings (SSSR count). The third-order valence-electron chi connectivity index (χ3n) is 3.80. The van der Waals surface area contributed by atoms with E-state index >= 15 is 0 Å². The van der Waals surface area contributed by atoms with E-state index in [1.54, 1.807) is 0 Å². The van der Waals surface area contributed by atoms with Crippen LogP contribution in [-0.2, 0) is 0 Å². The first kappa shape index (κ1) is 13.0. The zero-order chi connectivity index (χ0) is 10.8. The molecule has 0 aromatic rings. The van der Waals surface area contributed by atoms with Crippen LogP contribution in [0.3, 0.4) is 0 Å². The number of nitrogens with two attached hydrogens (primary N) is 1. The molecule has 0 bridgehead atoms. The summed E-state index contributed by atoms with van der Waals surface area (Å²) in [6.45, 7) is 0.894. The summed E-state index contributed by atoms with van der Waals surface area (Å²) in [5.41, 5.74) is 5.68. The Kier molecular flexibility index (Phi) is 7.99. The van der Waals surface area contributed by atoms with Crippen LogP contribution in [0.4, 0.5) is 0 Å². The molecule has 1 heteroatoms. The van der Waals surface area contributed by atoms with Crippen molar-refractivity contribution in [2.75, 3.05) is 6.54 Å². The molecule has 0 radical (unpaired) electrons. The standard InChI is InChI=1S/C14H29N/c15-13-12-14-10-8-6-4-2-1-3-5-7-9-11-14/h14H,1-13,15H2. The van der Waals surface area contributed by atoms with E-state index < -0.39 is 0 Å². The first-order chi connectivity index (χ1) is 7.43. The van der Waals surface area contributed by atoms with Crippen molar-refractivity contribution in [3.63, 3.8) is 0 Å². The van der Waals surface area contributed by atoms with Crippen molar-refractivity contribution in [2.45, 2.75) is 77.0 Å². The van der Waals surface area contributed by atoms with Gasteiger partial charge in [-0.1, -0.05) is 70.6 Å². The molecule has 0 spiro atoms. The van der Waals surface area contributed by atoms with Crippen LogP contribution in [0.2, 0.25) is 0 Å². The topological polar surface area (TPSA) is 26.0 Å². The van der Waals surface area contributed by atoms with Gasteiger partial charge in [-0.15, -0.1) is 0 Å². The van der Waals surface area contributed by atoms with Crippen molar-refractivity contribution in [2.24, 2.45) is 11.7 Å². The van der Waals surface area contributed by atoms with Crippen LogP contribution in [-0.4, -0.2) is 6.54 Å². The van der Waals surface area contributed by atoms with E-state index in [2.05, 4.69) is 0 Å². The Morgan fingerprint density at radius 1 is 0.667 bits per heavy atom. The summed E-state index contributed by atoms with van der Waals surface area (Å²) in [4.78, 5) is 0. The maximum absolute atomic E-state index is 5.68. The molecule has 1 aliphatic rings. The van der Waals surface area contributed by atoms with Gasteiger partial charge in [0, 0.05) is 0 Å². The summed E-state index contributed by atoms with van der Waals surface area (Å²) < 4.78 is 0. The Morgan fingerprint density at radius 3 is 1.47 bits per heavy atom. The van der Waals surface area contributed by atoms with Gasteiger partial charge in [-0.25, -0.2) is 0 Å². The Labute approximate surface area is 95.8 Å². The minimum atomic E-state index is 0.894. The second-order valence-electron chi connectivity index (χ2n) is 5.20. The molecule has 0 heterocycles. The van der Waals surface area contributed by atoms with Crippen LogP contribution < -0.4 is 5.73 Å². The number of rotatable bonds is 2. The third-order valence-corrected chi connectivity index (χ3v) is 3.80. The van der Waals surface area contributed by atoms with Crippen LogP contribution in [0.5, 0.6) is 0 Å². The predicted octanol–water partition coefficient (Wildman–Crippen LogP) is 4.26. The molecular formula is C14H29N. The van der Waals surface area contributed by atoms with Crippen LogP contribution in [0.25, 0.3) is 0 Å². The summed E-state index contributed by atoms with van der Waals surface area (Å²) >= 11 is 0. The molecule has 90 valence electrons. The average molecular weight is 211 g/mol. The van der Waals surface area contributed by atoms with Crippen molar-refractivity contribution in [1.29, 1.82) is 0 Å². The molecule has 1 aliphatic carbocycles. The van der Waals surface area contributed by atoms with Gasteiger partial charge in [0.15, 0.2) is 0 Å². The van der Waals surface area contributed by atoms with E-state index in [1.165, 1.54) is 77.0 Å². The molecule has 1 saturated carbocycles. The fraction of sp³-hybridized carbons (Fsp3) is 1.00. The Hall–Kier alpha value is -0.0400. The maximum Gasteiger partial charge on any atom is -0.00746 e. The molecular weight excluding hydrogens is 182 g/mol. The van der Waals surface area contributed by atoms with E-state index in [1.807, 2.05) is 0 Å². The van der Waals surface area contributed by atoms with Gasteiger partial charge >= 0.3 is 0 Å². The molecule has 0 aromatic heterocycles. The van der Waals surface area contributed by atoms with Crippen LogP contribution >= 0.6 is 0 Å². The highest BCUT2D eigenvalue weighted by Gasteiger charge is 2.08. The van der Waals surface area contributed by atoms with Gasteiger partial charge in [0.05, 0.1) is 0 Å². The minimum absolute atomic E-state index is 0.894. The highest BCUT2D eigenvalue weighted by molar-refractivity contribution is 4.62. The van der Waals surface area contributed by atoms with Gasteiger partial charge in [0.25, 0.3) is 0 Å². The smallest absolute Gasteiger partial charge is 0.00746 e. The molecule has 0 aromatic carbocycles. The first-order valence-corrected chi connectivity index (χ1v) is 7.13. The second kappa shape index (κ2) is 9.21. The molecule has 0 atom stereocenters. The van der Waals surface area contributed by atoms with E-state index in [0.717, 1.165) is 12.5 Å². The van der Waals surface area contributed by atoms with Gasteiger partial charge < -0.3 is 5.73 Å². The Bertz CT molecular complexity index is 121. The lowest BCUT2D eigenvalue weighted by Gasteiger charge is -2.16. The molecule has 0 saturated heterocycles. The zero-order valence-corrected chi connectivity index (χ0v) is 10.3. The van der Waals surface area contributed by atoms with Crippen LogP contribution in [0, 0.1) is 5.92 Å². The fourth-order valence-corrected chi connectivity index (χ4v) is 2.77. The van der Waals surface area contributed by atoms with Crippen molar-refractivity contribution in [3.05, 3.63) is 0 Å². The second-order valence-corrected chi connectivity index (χ2v) is 5.20. The highest BCUT2D eigenvalue weighted by Crippen LogP contribution is 2.22. The average Bonchev–Trinajstić information content (AvgIpc) is 2.22. The van der Waals surface area contributed by atoms with Crippen molar-refractivity contribution in [1.82, 2.24) is 0 Å². The SMILES string of the molecule is NCCC1CCCCCCCCCCC1. The normalized spacial score (nSPS) is 23.0. The summed E-state index contributed by atoms with van der Waals surface area (Å²) in [6, 6.07) is 0. The summed E-state index contributed by atoms with van der Waals surface area (Å²) in [5, 5.41) is 0. The Balaban J connectivity index is 2.19. The van der Waals surface area contributed by atoms with Gasteiger partial charge in [-0.3, -0.25) is 0 Å². The maximum atomic E-state index is 5.68. The quantitative estimate of drug-likeness (QED) is 0.726. The first-order valence-electron chi connectivity index (χ1n) is 7.13. The number of hydrogen-bond acceptors (Lipinski definition) is 1. The molecule has 15 heavy (non-hydrogen) atoms. The minimum Gasteiger partial charge on any atom is -0.330 e. The highest BCUT2D eigenvalue weighted by atomic mass is 14.5. The van der Waals surface area contributed by atoms with Gasteiger partial charge in [-0.2, -0.15) is 0 Å². The molecule has 0 amide bonds. The molecule has 1 nitrogen and oxygen atoms in total. The van der Waals surface area contributed by atoms with Gasteiger partial charge in [0.1, 0.15) is 0 Å². The lowest BCUT2D eigenvalue weighted by Crippen LogP contribution is -2.09. The van der Waals surface area contributed by atoms with Gasteiger partial charge in [0.2, 0.25) is 0 Å². The molecule has 0 aliphatic heterocycles. The predicted molar refractivity (Wildman–Crippen MR) is 67.9 cm³/mol. The molecule has 1 fully saturated rings. The summed E-state index contributed by atoms with van der Waals surface area (Å²) in [6.07, 6.45) is 17.3. The van der Waals surface area contributed by atoms with Gasteiger partial charge in [-0.05, 0) is 18.9 Å². The fourth-order valence-electron chi connectivity index (χ4n) is 2.77. The van der Waals surface area contributed by atoms with Crippen molar-refractivity contribution < 1.29 is 0 Å². The number of hydrogen-bond donors (Lipinski definition) is 1. The van der Waals surface area contributed by atoms with Crippen molar-refractivity contribution >= 4 is 0 Å². The molecule has 2 N–H and O–H groups in total. The Morgan fingerprint density at radius 2 is 1.07 bits per heavy atom. The van der Waals surface area contributed by atoms with E-state index in [-0.39, 0.29) is 0 Å². The van der Waals surface area contributed by atoms with Crippen molar-refractivity contribution in [3.8, 4) is 0 Å². The van der Waals surface area contributed by atoms with E-state index in [4.69, 9.17) is 5.73 Å². The largest absolute Gasteiger partial charge is 0.330 e. The lowest BCUT2D eigenvalue weighted by molar-refractivity contribution is 0.378. The van der Waals surface area contributed by atoms with Crippen LogP contribution in [0.15, 0.2) is 0 Å². The third kappa shape index (κ3) is 6.94. The zero-order valence-electron chi connectivity index (χ0n) is 10.3. The summed E-state index contributed by atoms with van der Waals surface area (Å²) in [7, 11) is 0. The van der Waals surface area contributed by atoms with E-state index in [0.29, 0.717) is 0 Å². The monoisotopic (exact) mass is 211 g/mol. The van der Waals surface area contributed by atoms with Crippen LogP contribution in [0.1, 0.15) is 77.0 Å².